The molecule has 3 nitrogen and oxygen atoms in total. The summed E-state index contributed by atoms with van der Waals surface area (Å²) in [5.74, 6) is -2.34. The molecule has 3 N–H and O–H groups in total. The fraction of sp³-hybridized carbons (Fsp3) is 0.533. The second-order valence-electron chi connectivity index (χ2n) is 5.73. The smallest absolute Gasteiger partial charge is 0.222 e. The highest BCUT2D eigenvalue weighted by Crippen LogP contribution is 2.28. The molecule has 1 aromatic carbocycles. The van der Waals surface area contributed by atoms with Crippen molar-refractivity contribution in [3.63, 3.8) is 0 Å². The van der Waals surface area contributed by atoms with Crippen LogP contribution in [0.2, 0.25) is 0 Å². The van der Waals surface area contributed by atoms with E-state index in [1.165, 1.54) is 6.07 Å². The van der Waals surface area contributed by atoms with E-state index in [0.29, 0.717) is 0 Å². The highest BCUT2D eigenvalue weighted by molar-refractivity contribution is 5.78. The van der Waals surface area contributed by atoms with E-state index in [4.69, 9.17) is 5.73 Å². The van der Waals surface area contributed by atoms with Gasteiger partial charge in [0.15, 0.2) is 11.6 Å². The van der Waals surface area contributed by atoms with Crippen molar-refractivity contribution in [1.29, 1.82) is 0 Å². The molecule has 1 aromatic rings. The van der Waals surface area contributed by atoms with E-state index in [0.717, 1.165) is 12.5 Å². The number of carbonyl (C=O) groups is 1. The van der Waals surface area contributed by atoms with Crippen molar-refractivity contribution >= 4 is 5.91 Å². The summed E-state index contributed by atoms with van der Waals surface area (Å²) in [6, 6.07) is 4.07. The predicted molar refractivity (Wildman–Crippen MR) is 72.9 cm³/mol. The summed E-state index contributed by atoms with van der Waals surface area (Å²) in [5, 5.41) is 3.28. The van der Waals surface area contributed by atoms with Gasteiger partial charge in [-0.15, -0.1) is 0 Å². The molecule has 1 aliphatic rings. The topological polar surface area (TPSA) is 55.1 Å². The molecule has 1 aliphatic heterocycles. The molecule has 0 bridgehead atoms. The molecule has 0 saturated carbocycles. The lowest BCUT2D eigenvalue weighted by Crippen LogP contribution is -2.55. The number of rotatable bonds is 3. The summed E-state index contributed by atoms with van der Waals surface area (Å²) in [6.07, 6.45) is 1.10. The minimum atomic E-state index is -0.866. The van der Waals surface area contributed by atoms with Gasteiger partial charge in [0.25, 0.3) is 0 Å². The maximum atomic E-state index is 13.8. The Labute approximate surface area is 117 Å². The van der Waals surface area contributed by atoms with Crippen LogP contribution in [0.3, 0.4) is 0 Å². The number of amides is 1. The van der Waals surface area contributed by atoms with Crippen LogP contribution in [-0.4, -0.2) is 18.0 Å². The number of nitrogens with one attached hydrogen (secondary N) is 1. The summed E-state index contributed by atoms with van der Waals surface area (Å²) in [7, 11) is 0. The van der Waals surface area contributed by atoms with Gasteiger partial charge in [-0.25, -0.2) is 8.78 Å². The Morgan fingerprint density at radius 3 is 2.75 bits per heavy atom. The molecule has 1 saturated heterocycles. The van der Waals surface area contributed by atoms with Crippen molar-refractivity contribution < 1.29 is 13.6 Å². The van der Waals surface area contributed by atoms with Crippen molar-refractivity contribution in [2.24, 2.45) is 17.6 Å². The molecule has 4 atom stereocenters. The molecule has 1 fully saturated rings. The van der Waals surface area contributed by atoms with E-state index in [1.807, 2.05) is 13.8 Å². The second kappa shape index (κ2) is 5.87. The van der Waals surface area contributed by atoms with Crippen molar-refractivity contribution in [3.05, 3.63) is 35.4 Å². The van der Waals surface area contributed by atoms with E-state index in [1.54, 1.807) is 6.07 Å². The highest BCUT2D eigenvalue weighted by atomic mass is 19.2. The minimum Gasteiger partial charge on any atom is -0.369 e. The molecule has 1 amide bonds. The predicted octanol–water partition coefficient (Wildman–Crippen LogP) is 2.00. The lowest BCUT2D eigenvalue weighted by Gasteiger charge is -2.39. The molecule has 0 spiro atoms. The molecule has 0 aromatic heterocycles. The number of hydrogen-bond donors (Lipinski definition) is 2. The molecule has 5 heteroatoms. The standard InChI is InChI=1S/C15H20F2N2O/c1-8-6-9(2)19-12(13(8)15(18)20)7-10-4-3-5-11(16)14(10)17/h3-5,8-9,12-13,19H,6-7H2,1-2H3,(H2,18,20). The number of piperidine rings is 1. The SMILES string of the molecule is CC1CC(C)C(C(N)=O)C(Cc2cccc(F)c2F)N1. The summed E-state index contributed by atoms with van der Waals surface area (Å²) in [5.41, 5.74) is 5.74. The quantitative estimate of drug-likeness (QED) is 0.891. The Balaban J connectivity index is 2.24. The second-order valence-corrected chi connectivity index (χ2v) is 5.73. The number of benzene rings is 1. The van der Waals surface area contributed by atoms with Gasteiger partial charge in [-0.2, -0.15) is 0 Å². The first-order chi connectivity index (χ1) is 9.40. The summed E-state index contributed by atoms with van der Waals surface area (Å²) >= 11 is 0. The zero-order chi connectivity index (χ0) is 14.9. The molecular weight excluding hydrogens is 262 g/mol. The third-order valence-electron chi connectivity index (χ3n) is 4.07. The minimum absolute atomic E-state index is 0.130. The van der Waals surface area contributed by atoms with Crippen molar-refractivity contribution in [1.82, 2.24) is 5.32 Å². The van der Waals surface area contributed by atoms with Crippen LogP contribution in [0.15, 0.2) is 18.2 Å². The van der Waals surface area contributed by atoms with Crippen LogP contribution in [0, 0.1) is 23.5 Å². The van der Waals surface area contributed by atoms with Gasteiger partial charge in [-0.3, -0.25) is 4.79 Å². The Morgan fingerprint density at radius 2 is 2.10 bits per heavy atom. The monoisotopic (exact) mass is 282 g/mol. The van der Waals surface area contributed by atoms with Crippen LogP contribution in [0.5, 0.6) is 0 Å². The number of primary amides is 1. The first-order valence-electron chi connectivity index (χ1n) is 6.88. The Hall–Kier alpha value is -1.49. The molecule has 0 aliphatic carbocycles. The van der Waals surface area contributed by atoms with Gasteiger partial charge in [-0.1, -0.05) is 19.1 Å². The molecule has 20 heavy (non-hydrogen) atoms. The highest BCUT2D eigenvalue weighted by Gasteiger charge is 2.37. The van der Waals surface area contributed by atoms with E-state index in [9.17, 15) is 13.6 Å². The van der Waals surface area contributed by atoms with Crippen LogP contribution in [0.4, 0.5) is 8.78 Å². The summed E-state index contributed by atoms with van der Waals surface area (Å²) < 4.78 is 27.0. The Kier molecular flexibility index (Phi) is 4.38. The first kappa shape index (κ1) is 14.9. The molecular formula is C15H20F2N2O. The van der Waals surface area contributed by atoms with Gasteiger partial charge in [0.05, 0.1) is 5.92 Å². The maximum Gasteiger partial charge on any atom is 0.222 e. The lowest BCUT2D eigenvalue weighted by atomic mass is 9.77. The van der Waals surface area contributed by atoms with Gasteiger partial charge in [0.1, 0.15) is 0 Å². The summed E-state index contributed by atoms with van der Waals surface area (Å²) in [4.78, 5) is 11.6. The van der Waals surface area contributed by atoms with Crippen LogP contribution in [0.25, 0.3) is 0 Å². The van der Waals surface area contributed by atoms with E-state index in [-0.39, 0.29) is 35.9 Å². The van der Waals surface area contributed by atoms with Crippen LogP contribution in [0.1, 0.15) is 25.8 Å². The van der Waals surface area contributed by atoms with E-state index < -0.39 is 17.5 Å². The molecule has 0 radical (unpaired) electrons. The molecule has 2 rings (SSSR count). The van der Waals surface area contributed by atoms with Crippen molar-refractivity contribution in [3.8, 4) is 0 Å². The van der Waals surface area contributed by atoms with Gasteiger partial charge in [0.2, 0.25) is 5.91 Å². The largest absolute Gasteiger partial charge is 0.369 e. The third-order valence-corrected chi connectivity index (χ3v) is 4.07. The Morgan fingerprint density at radius 1 is 1.40 bits per heavy atom. The number of hydrogen-bond acceptors (Lipinski definition) is 2. The molecule has 110 valence electrons. The number of halogens is 2. The number of nitrogens with two attached hydrogens (primary N) is 1. The van der Waals surface area contributed by atoms with E-state index in [2.05, 4.69) is 5.32 Å². The van der Waals surface area contributed by atoms with Crippen molar-refractivity contribution in [2.45, 2.75) is 38.8 Å². The van der Waals surface area contributed by atoms with E-state index >= 15 is 0 Å². The van der Waals surface area contributed by atoms with Gasteiger partial charge < -0.3 is 11.1 Å². The van der Waals surface area contributed by atoms with Crippen LogP contribution < -0.4 is 11.1 Å². The first-order valence-corrected chi connectivity index (χ1v) is 6.88. The zero-order valence-electron chi connectivity index (χ0n) is 11.7. The maximum absolute atomic E-state index is 13.8. The Bertz CT molecular complexity index is 507. The van der Waals surface area contributed by atoms with Gasteiger partial charge >= 0.3 is 0 Å². The average Bonchev–Trinajstić information content (AvgIpc) is 2.33. The summed E-state index contributed by atoms with van der Waals surface area (Å²) in [6.45, 7) is 3.99. The molecule has 4 unspecified atom stereocenters. The molecule has 1 heterocycles. The van der Waals surface area contributed by atoms with Crippen LogP contribution in [-0.2, 0) is 11.2 Å². The van der Waals surface area contributed by atoms with Crippen LogP contribution >= 0.6 is 0 Å². The average molecular weight is 282 g/mol. The normalized spacial score (nSPS) is 30.2. The third kappa shape index (κ3) is 2.98. The fourth-order valence-corrected chi connectivity index (χ4v) is 3.25. The fourth-order valence-electron chi connectivity index (χ4n) is 3.25. The number of carbonyl (C=O) groups excluding carboxylic acids is 1. The van der Waals surface area contributed by atoms with Gasteiger partial charge in [0, 0.05) is 12.1 Å². The van der Waals surface area contributed by atoms with Gasteiger partial charge in [-0.05, 0) is 37.3 Å². The lowest BCUT2D eigenvalue weighted by molar-refractivity contribution is -0.125. The zero-order valence-corrected chi connectivity index (χ0v) is 11.7. The van der Waals surface area contributed by atoms with Crippen molar-refractivity contribution in [2.75, 3.05) is 0 Å².